The zero-order valence-electron chi connectivity index (χ0n) is 20.5. The lowest BCUT2D eigenvalue weighted by Crippen LogP contribution is -2.40. The van der Waals surface area contributed by atoms with Crippen molar-refractivity contribution in [3.63, 3.8) is 0 Å². The fraction of sp³-hybridized carbons (Fsp3) is 0.357. The van der Waals surface area contributed by atoms with Crippen LogP contribution < -0.4 is 0 Å². The highest BCUT2D eigenvalue weighted by Crippen LogP contribution is 2.32. The van der Waals surface area contributed by atoms with Crippen LogP contribution in [0.3, 0.4) is 0 Å². The largest absolute Gasteiger partial charge is 0.337 e. The summed E-state index contributed by atoms with van der Waals surface area (Å²) >= 11 is 0. The molecule has 180 valence electrons. The summed E-state index contributed by atoms with van der Waals surface area (Å²) in [4.78, 5) is 42.5. The molecule has 1 aliphatic heterocycles. The van der Waals surface area contributed by atoms with Gasteiger partial charge in [0.05, 0.1) is 22.5 Å². The number of imide groups is 1. The molecule has 0 N–H and O–H groups in total. The summed E-state index contributed by atoms with van der Waals surface area (Å²) in [6.07, 6.45) is 4.93. The van der Waals surface area contributed by atoms with Gasteiger partial charge in [-0.3, -0.25) is 19.3 Å². The molecule has 35 heavy (non-hydrogen) atoms. The molecular weight excluding hydrogens is 440 g/mol. The van der Waals surface area contributed by atoms with Crippen molar-refractivity contribution in [3.8, 4) is 5.69 Å². The van der Waals surface area contributed by atoms with E-state index in [0.717, 1.165) is 54.7 Å². The second-order valence-corrected chi connectivity index (χ2v) is 9.59. The van der Waals surface area contributed by atoms with Gasteiger partial charge in [-0.2, -0.15) is 5.10 Å². The van der Waals surface area contributed by atoms with Crippen LogP contribution >= 0.6 is 0 Å². The van der Waals surface area contributed by atoms with Crippen LogP contribution in [0, 0.1) is 13.8 Å². The normalized spacial score (nSPS) is 16.0. The average molecular weight is 471 g/mol. The SMILES string of the molecule is Cc1nn(-c2ccccc2)c(C)c1CN(C)C(=O)c1ccc2c(c1)C(=O)N(C1CCCCC1)C2=O. The van der Waals surface area contributed by atoms with Crippen molar-refractivity contribution in [1.82, 2.24) is 19.6 Å². The van der Waals surface area contributed by atoms with Crippen LogP contribution in [-0.2, 0) is 6.54 Å². The van der Waals surface area contributed by atoms with Crippen molar-refractivity contribution in [2.75, 3.05) is 7.05 Å². The second-order valence-electron chi connectivity index (χ2n) is 9.59. The van der Waals surface area contributed by atoms with Gasteiger partial charge in [0.15, 0.2) is 0 Å². The number of hydrogen-bond donors (Lipinski definition) is 0. The van der Waals surface area contributed by atoms with Gasteiger partial charge in [0.1, 0.15) is 0 Å². The number of fused-ring (bicyclic) bond motifs is 1. The highest BCUT2D eigenvalue weighted by Gasteiger charge is 2.40. The maximum atomic E-state index is 13.3. The Kier molecular flexibility index (Phi) is 6.01. The molecule has 1 saturated carbocycles. The summed E-state index contributed by atoms with van der Waals surface area (Å²) in [5.41, 5.74) is 4.94. The van der Waals surface area contributed by atoms with Gasteiger partial charge in [0, 0.05) is 36.5 Å². The third kappa shape index (κ3) is 4.05. The van der Waals surface area contributed by atoms with E-state index in [1.807, 2.05) is 48.9 Å². The molecule has 0 radical (unpaired) electrons. The molecule has 3 amide bonds. The van der Waals surface area contributed by atoms with Crippen molar-refractivity contribution < 1.29 is 14.4 Å². The number of rotatable bonds is 5. The molecule has 3 aromatic rings. The molecule has 0 spiro atoms. The van der Waals surface area contributed by atoms with Gasteiger partial charge in [-0.05, 0) is 57.0 Å². The van der Waals surface area contributed by atoms with Crippen LogP contribution in [-0.4, -0.2) is 50.4 Å². The number of benzene rings is 2. The highest BCUT2D eigenvalue weighted by molar-refractivity contribution is 6.22. The van der Waals surface area contributed by atoms with Gasteiger partial charge in [-0.15, -0.1) is 0 Å². The Morgan fingerprint density at radius 1 is 0.971 bits per heavy atom. The zero-order valence-corrected chi connectivity index (χ0v) is 20.5. The topological polar surface area (TPSA) is 75.5 Å². The van der Waals surface area contributed by atoms with Crippen molar-refractivity contribution in [2.45, 2.75) is 58.5 Å². The molecule has 0 saturated heterocycles. The van der Waals surface area contributed by atoms with Gasteiger partial charge in [0.2, 0.25) is 0 Å². The summed E-state index contributed by atoms with van der Waals surface area (Å²) in [7, 11) is 1.75. The molecule has 2 aromatic carbocycles. The second kappa shape index (κ2) is 9.13. The summed E-state index contributed by atoms with van der Waals surface area (Å²) in [6, 6.07) is 14.7. The fourth-order valence-electron chi connectivity index (χ4n) is 5.32. The Morgan fingerprint density at radius 3 is 2.37 bits per heavy atom. The van der Waals surface area contributed by atoms with Gasteiger partial charge in [-0.1, -0.05) is 37.5 Å². The van der Waals surface area contributed by atoms with E-state index < -0.39 is 0 Å². The van der Waals surface area contributed by atoms with Gasteiger partial charge in [-0.25, -0.2) is 4.68 Å². The number of hydrogen-bond acceptors (Lipinski definition) is 4. The summed E-state index contributed by atoms with van der Waals surface area (Å²) in [6.45, 7) is 4.33. The maximum absolute atomic E-state index is 13.3. The Bertz CT molecular complexity index is 1310. The molecule has 0 atom stereocenters. The number of aryl methyl sites for hydroxylation is 1. The first kappa shape index (κ1) is 23.0. The lowest BCUT2D eigenvalue weighted by molar-refractivity contribution is 0.0548. The molecule has 1 aromatic heterocycles. The van der Waals surface area contributed by atoms with E-state index >= 15 is 0 Å². The van der Waals surface area contributed by atoms with Crippen molar-refractivity contribution in [2.24, 2.45) is 0 Å². The van der Waals surface area contributed by atoms with Gasteiger partial charge < -0.3 is 4.90 Å². The molecule has 1 aliphatic carbocycles. The van der Waals surface area contributed by atoms with Gasteiger partial charge in [0.25, 0.3) is 17.7 Å². The first-order valence-corrected chi connectivity index (χ1v) is 12.2. The molecule has 7 heteroatoms. The molecule has 0 unspecified atom stereocenters. The molecule has 1 fully saturated rings. The molecule has 7 nitrogen and oxygen atoms in total. The van der Waals surface area contributed by atoms with E-state index in [2.05, 4.69) is 5.10 Å². The van der Waals surface area contributed by atoms with E-state index in [-0.39, 0.29) is 23.8 Å². The summed E-state index contributed by atoms with van der Waals surface area (Å²) in [5, 5.41) is 4.67. The minimum absolute atomic E-state index is 0.0370. The molecule has 0 bridgehead atoms. The average Bonchev–Trinajstić information content (AvgIpc) is 3.31. The van der Waals surface area contributed by atoms with Crippen molar-refractivity contribution in [1.29, 1.82) is 0 Å². The van der Waals surface area contributed by atoms with Crippen molar-refractivity contribution in [3.05, 3.63) is 82.2 Å². The molecule has 5 rings (SSSR count). The molecule has 2 aliphatic rings. The molecule has 2 heterocycles. The van der Waals surface area contributed by atoms with E-state index in [1.165, 1.54) is 4.90 Å². The predicted octanol–water partition coefficient (Wildman–Crippen LogP) is 4.69. The quantitative estimate of drug-likeness (QED) is 0.507. The first-order chi connectivity index (χ1) is 16.9. The van der Waals surface area contributed by atoms with Crippen LogP contribution in [0.15, 0.2) is 48.5 Å². The summed E-state index contributed by atoms with van der Waals surface area (Å²) in [5.74, 6) is -0.704. The van der Waals surface area contributed by atoms with E-state index in [1.54, 1.807) is 30.1 Å². The predicted molar refractivity (Wildman–Crippen MR) is 133 cm³/mol. The minimum atomic E-state index is -0.273. The van der Waals surface area contributed by atoms with Crippen LogP contribution in [0.25, 0.3) is 5.69 Å². The standard InChI is InChI=1S/C28H30N4O3/c1-18-25(19(2)32(29-18)22-12-8-5-9-13-22)17-30(3)26(33)20-14-15-23-24(16-20)28(35)31(27(23)34)21-10-6-4-7-11-21/h5,8-9,12-16,21H,4,6-7,10-11,17H2,1-3H3. The van der Waals surface area contributed by atoms with Crippen LogP contribution in [0.1, 0.15) is 80.1 Å². The fourth-order valence-corrected chi connectivity index (χ4v) is 5.32. The Morgan fingerprint density at radius 2 is 1.66 bits per heavy atom. The summed E-state index contributed by atoms with van der Waals surface area (Å²) < 4.78 is 1.89. The lowest BCUT2D eigenvalue weighted by atomic mass is 9.94. The van der Waals surface area contributed by atoms with E-state index in [4.69, 9.17) is 0 Å². The van der Waals surface area contributed by atoms with Crippen LogP contribution in [0.5, 0.6) is 0 Å². The Labute approximate surface area is 205 Å². The van der Waals surface area contributed by atoms with Crippen molar-refractivity contribution >= 4 is 17.7 Å². The number of carbonyl (C=O) groups excluding carboxylic acids is 3. The lowest BCUT2D eigenvalue weighted by Gasteiger charge is -2.29. The number of amides is 3. The third-order valence-corrected chi connectivity index (χ3v) is 7.29. The zero-order chi connectivity index (χ0) is 24.7. The number of aromatic nitrogens is 2. The number of nitrogens with zero attached hydrogens (tertiary/aromatic N) is 4. The Balaban J connectivity index is 1.36. The number of para-hydroxylation sites is 1. The van der Waals surface area contributed by atoms with Crippen LogP contribution in [0.2, 0.25) is 0 Å². The maximum Gasteiger partial charge on any atom is 0.261 e. The minimum Gasteiger partial charge on any atom is -0.337 e. The van der Waals surface area contributed by atoms with Gasteiger partial charge >= 0.3 is 0 Å². The van der Waals surface area contributed by atoms with Crippen LogP contribution in [0.4, 0.5) is 0 Å². The van der Waals surface area contributed by atoms with E-state index in [9.17, 15) is 14.4 Å². The monoisotopic (exact) mass is 470 g/mol. The molecular formula is C28H30N4O3. The highest BCUT2D eigenvalue weighted by atomic mass is 16.2. The van der Waals surface area contributed by atoms with E-state index in [0.29, 0.717) is 23.2 Å². The Hall–Kier alpha value is -3.74. The number of carbonyl (C=O) groups is 3. The first-order valence-electron chi connectivity index (χ1n) is 12.2. The smallest absolute Gasteiger partial charge is 0.261 e. The third-order valence-electron chi connectivity index (χ3n) is 7.29.